The van der Waals surface area contributed by atoms with Crippen LogP contribution in [0.4, 0.5) is 0 Å². The van der Waals surface area contributed by atoms with Crippen molar-refractivity contribution >= 4 is 11.8 Å². The van der Waals surface area contributed by atoms with E-state index < -0.39 is 5.97 Å². The van der Waals surface area contributed by atoms with Gasteiger partial charge in [0.25, 0.3) is 0 Å². The quantitative estimate of drug-likeness (QED) is 0.635. The van der Waals surface area contributed by atoms with Gasteiger partial charge < -0.3 is 5.11 Å². The SMILES string of the molecule is C=CC(=O)O.CCC(=O)CC. The van der Waals surface area contributed by atoms with Gasteiger partial charge >= 0.3 is 5.97 Å². The second kappa shape index (κ2) is 8.88. The van der Waals surface area contributed by atoms with Crippen LogP contribution in [0.15, 0.2) is 12.7 Å². The minimum atomic E-state index is -0.981. The number of carbonyl (C=O) groups excluding carboxylic acids is 1. The van der Waals surface area contributed by atoms with Gasteiger partial charge in [-0.2, -0.15) is 0 Å². The maximum atomic E-state index is 10.2. The molecule has 0 atom stereocenters. The molecule has 0 aliphatic rings. The van der Waals surface area contributed by atoms with Gasteiger partial charge in [-0.25, -0.2) is 4.79 Å². The minimum absolute atomic E-state index is 0.343. The lowest BCUT2D eigenvalue weighted by molar-refractivity contribution is -0.131. The molecule has 0 heterocycles. The van der Waals surface area contributed by atoms with E-state index in [0.717, 1.165) is 6.08 Å². The molecule has 11 heavy (non-hydrogen) atoms. The summed E-state index contributed by atoms with van der Waals surface area (Å²) >= 11 is 0. The number of carboxylic acids is 1. The molecule has 0 saturated heterocycles. The second-order valence-electron chi connectivity index (χ2n) is 1.79. The Labute approximate surface area is 66.7 Å². The van der Waals surface area contributed by atoms with Crippen LogP contribution in [0.2, 0.25) is 0 Å². The number of hydrogen-bond donors (Lipinski definition) is 1. The molecule has 0 fully saturated rings. The summed E-state index contributed by atoms with van der Waals surface area (Å²) in [5.41, 5.74) is 0. The normalized spacial score (nSPS) is 7.45. The smallest absolute Gasteiger partial charge is 0.327 e. The van der Waals surface area contributed by atoms with Crippen LogP contribution < -0.4 is 0 Å². The van der Waals surface area contributed by atoms with Crippen molar-refractivity contribution in [1.82, 2.24) is 0 Å². The van der Waals surface area contributed by atoms with E-state index in [1.165, 1.54) is 0 Å². The number of hydrogen-bond acceptors (Lipinski definition) is 2. The Hall–Kier alpha value is -1.12. The van der Waals surface area contributed by atoms with Gasteiger partial charge in [0.1, 0.15) is 5.78 Å². The number of carbonyl (C=O) groups is 2. The monoisotopic (exact) mass is 158 g/mol. The molecule has 0 unspecified atom stereocenters. The summed E-state index contributed by atoms with van der Waals surface area (Å²) in [5, 5.41) is 7.60. The van der Waals surface area contributed by atoms with E-state index in [2.05, 4.69) is 6.58 Å². The van der Waals surface area contributed by atoms with Gasteiger partial charge in [-0.3, -0.25) is 4.79 Å². The van der Waals surface area contributed by atoms with Crippen LogP contribution in [0.3, 0.4) is 0 Å². The average Bonchev–Trinajstić information content (AvgIpc) is 2.04. The van der Waals surface area contributed by atoms with Crippen LogP contribution in [0.25, 0.3) is 0 Å². The Balaban J connectivity index is 0. The molecule has 0 radical (unpaired) electrons. The van der Waals surface area contributed by atoms with E-state index >= 15 is 0 Å². The number of rotatable bonds is 3. The molecule has 0 bridgehead atoms. The van der Waals surface area contributed by atoms with Crippen LogP contribution in [0, 0.1) is 0 Å². The Morgan fingerprint density at radius 3 is 1.64 bits per heavy atom. The minimum Gasteiger partial charge on any atom is -0.478 e. The van der Waals surface area contributed by atoms with E-state index in [1.807, 2.05) is 13.8 Å². The molecular weight excluding hydrogens is 144 g/mol. The van der Waals surface area contributed by atoms with Gasteiger partial charge in [0.2, 0.25) is 0 Å². The standard InChI is InChI=1S/C5H10O.C3H4O2/c1-3-5(6)4-2;1-2-3(4)5/h3-4H2,1-2H3;2H,1H2,(H,4,5). The third-order valence-corrected chi connectivity index (χ3v) is 0.963. The molecule has 3 nitrogen and oxygen atoms in total. The molecule has 0 saturated carbocycles. The summed E-state index contributed by atoms with van der Waals surface area (Å²) in [7, 11) is 0. The van der Waals surface area contributed by atoms with Gasteiger partial charge in [-0.1, -0.05) is 20.4 Å². The highest BCUT2D eigenvalue weighted by Crippen LogP contribution is 1.83. The maximum absolute atomic E-state index is 10.2. The van der Waals surface area contributed by atoms with Crippen molar-refractivity contribution in [3.05, 3.63) is 12.7 Å². The molecule has 3 heteroatoms. The molecule has 64 valence electrons. The van der Waals surface area contributed by atoms with Gasteiger partial charge in [-0.15, -0.1) is 0 Å². The molecule has 0 aromatic rings. The van der Waals surface area contributed by atoms with Crippen LogP contribution in [-0.4, -0.2) is 16.9 Å². The summed E-state index contributed by atoms with van der Waals surface area (Å²) in [6.45, 7) is 6.72. The van der Waals surface area contributed by atoms with Crippen LogP contribution in [0.1, 0.15) is 26.7 Å². The number of aliphatic carboxylic acids is 1. The summed E-state index contributed by atoms with van der Waals surface area (Å²) in [5.74, 6) is -0.639. The molecule has 0 rings (SSSR count). The first-order chi connectivity index (χ1) is 5.08. The second-order valence-corrected chi connectivity index (χ2v) is 1.79. The summed E-state index contributed by atoms with van der Waals surface area (Å²) in [6, 6.07) is 0. The highest BCUT2D eigenvalue weighted by Gasteiger charge is 1.86. The van der Waals surface area contributed by atoms with Crippen molar-refractivity contribution in [2.75, 3.05) is 0 Å². The third-order valence-electron chi connectivity index (χ3n) is 0.963. The third kappa shape index (κ3) is 17.7. The first kappa shape index (κ1) is 12.5. The topological polar surface area (TPSA) is 54.4 Å². The number of ketones is 1. The first-order valence-corrected chi connectivity index (χ1v) is 3.45. The lowest BCUT2D eigenvalue weighted by Crippen LogP contribution is -1.88. The lowest BCUT2D eigenvalue weighted by Gasteiger charge is -1.81. The molecule has 1 N–H and O–H groups in total. The zero-order valence-electron chi connectivity index (χ0n) is 6.96. The Kier molecular flexibility index (Phi) is 10.1. The summed E-state index contributed by atoms with van der Waals surface area (Å²) in [6.07, 6.45) is 2.22. The molecule has 0 aromatic heterocycles. The van der Waals surface area contributed by atoms with Gasteiger partial charge in [0.05, 0.1) is 0 Å². The van der Waals surface area contributed by atoms with Crippen molar-refractivity contribution in [2.24, 2.45) is 0 Å². The van der Waals surface area contributed by atoms with E-state index in [0.29, 0.717) is 18.6 Å². The Morgan fingerprint density at radius 1 is 1.36 bits per heavy atom. The molecule has 0 aromatic carbocycles. The molecular formula is C8H14O3. The molecule has 0 aliphatic heterocycles. The predicted octanol–water partition coefficient (Wildman–Crippen LogP) is 1.63. The summed E-state index contributed by atoms with van der Waals surface area (Å²) < 4.78 is 0. The van der Waals surface area contributed by atoms with Crippen LogP contribution in [0.5, 0.6) is 0 Å². The van der Waals surface area contributed by atoms with E-state index in [-0.39, 0.29) is 0 Å². The lowest BCUT2D eigenvalue weighted by atomic mass is 10.3. The van der Waals surface area contributed by atoms with Crippen molar-refractivity contribution in [2.45, 2.75) is 26.7 Å². The number of Topliss-reactive ketones (excluding diaryl/α,β-unsaturated/α-hetero) is 1. The average molecular weight is 158 g/mol. The Bertz CT molecular complexity index is 132. The highest BCUT2D eigenvalue weighted by atomic mass is 16.4. The zero-order valence-corrected chi connectivity index (χ0v) is 6.96. The van der Waals surface area contributed by atoms with E-state index in [1.54, 1.807) is 0 Å². The maximum Gasteiger partial charge on any atom is 0.327 e. The zero-order chi connectivity index (χ0) is 9.28. The highest BCUT2D eigenvalue weighted by molar-refractivity contribution is 5.78. The fraction of sp³-hybridized carbons (Fsp3) is 0.500. The largest absolute Gasteiger partial charge is 0.478 e. The van der Waals surface area contributed by atoms with Crippen molar-refractivity contribution in [3.8, 4) is 0 Å². The van der Waals surface area contributed by atoms with Crippen molar-refractivity contribution < 1.29 is 14.7 Å². The van der Waals surface area contributed by atoms with Crippen molar-refractivity contribution in [3.63, 3.8) is 0 Å². The van der Waals surface area contributed by atoms with Crippen LogP contribution in [-0.2, 0) is 9.59 Å². The Morgan fingerprint density at radius 2 is 1.64 bits per heavy atom. The fourth-order valence-corrected chi connectivity index (χ4v) is 0.250. The molecule has 0 aliphatic carbocycles. The first-order valence-electron chi connectivity index (χ1n) is 3.45. The predicted molar refractivity (Wildman–Crippen MR) is 43.4 cm³/mol. The van der Waals surface area contributed by atoms with Gasteiger partial charge in [0.15, 0.2) is 0 Å². The molecule has 0 amide bonds. The van der Waals surface area contributed by atoms with Gasteiger partial charge in [-0.05, 0) is 0 Å². The van der Waals surface area contributed by atoms with E-state index in [4.69, 9.17) is 5.11 Å². The fourth-order valence-electron chi connectivity index (χ4n) is 0.250. The molecule has 0 spiro atoms. The van der Waals surface area contributed by atoms with E-state index in [9.17, 15) is 9.59 Å². The number of carboxylic acid groups (broad SMARTS) is 1. The van der Waals surface area contributed by atoms with Gasteiger partial charge in [0, 0.05) is 18.9 Å². The van der Waals surface area contributed by atoms with Crippen LogP contribution >= 0.6 is 0 Å². The summed E-state index contributed by atoms with van der Waals surface area (Å²) in [4.78, 5) is 19.4. The van der Waals surface area contributed by atoms with Crippen molar-refractivity contribution in [1.29, 1.82) is 0 Å².